The number of hydrogen-bond donors (Lipinski definition) is 2. The number of fused-ring (bicyclic) bond motifs is 1. The van der Waals surface area contributed by atoms with Gasteiger partial charge in [-0.3, -0.25) is 0 Å². The maximum atomic E-state index is 11.6. The first-order chi connectivity index (χ1) is 8.16. The van der Waals surface area contributed by atoms with Gasteiger partial charge in [0.1, 0.15) is 11.8 Å². The highest BCUT2D eigenvalue weighted by molar-refractivity contribution is 5.62. The molecule has 1 saturated heterocycles. The summed E-state index contributed by atoms with van der Waals surface area (Å²) in [5, 5.41) is 27.7. The smallest absolute Gasteiger partial charge is 0.414 e. The average molecular weight is 237 g/mol. The third-order valence-corrected chi connectivity index (χ3v) is 2.51. The van der Waals surface area contributed by atoms with Crippen molar-refractivity contribution in [1.82, 2.24) is 0 Å². The molecule has 0 saturated carbocycles. The minimum Gasteiger partial charge on any atom is -0.594 e. The van der Waals surface area contributed by atoms with E-state index in [9.17, 15) is 10.3 Å². The fraction of sp³-hybridized carbons (Fsp3) is 0.400. The number of hydrogen-bond acceptors (Lipinski definition) is 6. The molecule has 2 atom stereocenters. The first kappa shape index (κ1) is 10.5. The second-order valence-electron chi connectivity index (χ2n) is 3.89. The maximum absolute atomic E-state index is 11.6. The SMILES string of the molecule is [O-][N+]1=NC(O)(OCC2CO2)Nc2ccccc21. The number of nitrogens with one attached hydrogen (secondary N) is 1. The molecule has 2 heterocycles. The Kier molecular flexibility index (Phi) is 2.25. The molecule has 7 nitrogen and oxygen atoms in total. The van der Waals surface area contributed by atoms with Crippen molar-refractivity contribution in [3.63, 3.8) is 0 Å². The molecule has 0 bridgehead atoms. The van der Waals surface area contributed by atoms with Crippen LogP contribution < -0.4 is 5.32 Å². The van der Waals surface area contributed by atoms with E-state index in [-0.39, 0.29) is 12.7 Å². The van der Waals surface area contributed by atoms with Crippen molar-refractivity contribution in [3.05, 3.63) is 29.5 Å². The molecule has 2 N–H and O–H groups in total. The molecular weight excluding hydrogens is 226 g/mol. The zero-order chi connectivity index (χ0) is 11.9. The average Bonchev–Trinajstić information content (AvgIpc) is 3.10. The van der Waals surface area contributed by atoms with E-state index in [1.54, 1.807) is 24.3 Å². The Morgan fingerprint density at radius 3 is 3.18 bits per heavy atom. The normalized spacial score (nSPS) is 30.2. The standard InChI is InChI=1S/C10H11N3O4/c14-10(17-6-7-5-16-7)11-8-3-1-2-4-9(8)13(15)12-10/h1-4,7,11,14H,5-6H2. The molecule has 0 aromatic heterocycles. The molecule has 0 amide bonds. The van der Waals surface area contributed by atoms with E-state index in [0.29, 0.717) is 22.8 Å². The summed E-state index contributed by atoms with van der Waals surface area (Å²) in [4.78, 5) is 0.347. The van der Waals surface area contributed by atoms with Gasteiger partial charge in [-0.25, -0.2) is 0 Å². The number of nitrogens with zero attached hydrogens (tertiary/aromatic N) is 2. The van der Waals surface area contributed by atoms with Crippen LogP contribution in [0.25, 0.3) is 0 Å². The van der Waals surface area contributed by atoms with Crippen LogP contribution in [-0.4, -0.2) is 35.3 Å². The Morgan fingerprint density at radius 2 is 2.41 bits per heavy atom. The summed E-state index contributed by atoms with van der Waals surface area (Å²) in [5.41, 5.74) is 0.806. The first-order valence-electron chi connectivity index (χ1n) is 5.21. The van der Waals surface area contributed by atoms with Crippen molar-refractivity contribution in [1.29, 1.82) is 0 Å². The molecule has 3 rings (SSSR count). The number of para-hydroxylation sites is 2. The van der Waals surface area contributed by atoms with E-state index >= 15 is 0 Å². The summed E-state index contributed by atoms with van der Waals surface area (Å²) in [5.74, 6) is 0. The third-order valence-electron chi connectivity index (χ3n) is 2.51. The second kappa shape index (κ2) is 3.66. The van der Waals surface area contributed by atoms with Crippen LogP contribution in [0.4, 0.5) is 11.4 Å². The second-order valence-corrected chi connectivity index (χ2v) is 3.89. The highest BCUT2D eigenvalue weighted by Crippen LogP contribution is 2.32. The molecule has 90 valence electrons. The van der Waals surface area contributed by atoms with Gasteiger partial charge >= 0.3 is 6.03 Å². The van der Waals surface area contributed by atoms with Crippen molar-refractivity contribution in [2.45, 2.75) is 12.1 Å². The lowest BCUT2D eigenvalue weighted by Crippen LogP contribution is -2.43. The van der Waals surface area contributed by atoms with Crippen LogP contribution in [0.2, 0.25) is 0 Å². The van der Waals surface area contributed by atoms with Gasteiger partial charge < -0.3 is 25.1 Å². The van der Waals surface area contributed by atoms with E-state index in [1.165, 1.54) is 0 Å². The summed E-state index contributed by atoms with van der Waals surface area (Å²) < 4.78 is 10.1. The van der Waals surface area contributed by atoms with E-state index in [0.717, 1.165) is 0 Å². The van der Waals surface area contributed by atoms with Crippen molar-refractivity contribution in [2.75, 3.05) is 18.5 Å². The van der Waals surface area contributed by atoms with Gasteiger partial charge in [-0.1, -0.05) is 12.1 Å². The van der Waals surface area contributed by atoms with Crippen LogP contribution >= 0.6 is 0 Å². The number of rotatable bonds is 3. The monoisotopic (exact) mass is 237 g/mol. The molecule has 17 heavy (non-hydrogen) atoms. The van der Waals surface area contributed by atoms with E-state index in [2.05, 4.69) is 10.4 Å². The van der Waals surface area contributed by atoms with Crippen LogP contribution in [0.15, 0.2) is 29.4 Å². The van der Waals surface area contributed by atoms with Crippen molar-refractivity contribution in [2.24, 2.45) is 5.11 Å². The number of epoxide rings is 1. The lowest BCUT2D eigenvalue weighted by atomic mass is 10.2. The maximum Gasteiger partial charge on any atom is 0.414 e. The molecular formula is C10H11N3O4. The molecule has 0 aliphatic carbocycles. The zero-order valence-corrected chi connectivity index (χ0v) is 8.87. The van der Waals surface area contributed by atoms with Crippen LogP contribution in [0, 0.1) is 5.21 Å². The van der Waals surface area contributed by atoms with E-state index in [1.807, 2.05) is 0 Å². The van der Waals surface area contributed by atoms with Crippen molar-refractivity contribution < 1.29 is 19.4 Å². The Morgan fingerprint density at radius 1 is 1.65 bits per heavy atom. The molecule has 2 aliphatic heterocycles. The molecule has 0 spiro atoms. The van der Waals surface area contributed by atoms with Crippen LogP contribution in [0.1, 0.15) is 0 Å². The number of ether oxygens (including phenoxy) is 2. The van der Waals surface area contributed by atoms with Crippen molar-refractivity contribution in [3.8, 4) is 0 Å². The minimum atomic E-state index is -2.03. The van der Waals surface area contributed by atoms with Crippen molar-refractivity contribution >= 4 is 11.4 Å². The van der Waals surface area contributed by atoms with Gasteiger partial charge in [-0.2, -0.15) is 0 Å². The lowest BCUT2D eigenvalue weighted by molar-refractivity contribution is -0.478. The summed E-state index contributed by atoms with van der Waals surface area (Å²) in [6.07, 6.45) is -0.0201. The van der Waals surface area contributed by atoms with Crippen LogP contribution in [0.5, 0.6) is 0 Å². The number of aliphatic hydroxyl groups is 1. The number of benzene rings is 1. The molecule has 1 aromatic rings. The van der Waals surface area contributed by atoms with Gasteiger partial charge in [0, 0.05) is 6.07 Å². The van der Waals surface area contributed by atoms with Gasteiger partial charge in [0.25, 0.3) is 5.69 Å². The third kappa shape index (κ3) is 2.07. The lowest BCUT2D eigenvalue weighted by Gasteiger charge is -2.26. The largest absolute Gasteiger partial charge is 0.594 e. The summed E-state index contributed by atoms with van der Waals surface area (Å²) >= 11 is 0. The summed E-state index contributed by atoms with van der Waals surface area (Å²) in [7, 11) is 0. The molecule has 2 aliphatic rings. The molecule has 1 fully saturated rings. The number of anilines is 1. The Bertz CT molecular complexity index is 474. The number of azo groups is 1. The van der Waals surface area contributed by atoms with Crippen LogP contribution in [0.3, 0.4) is 0 Å². The van der Waals surface area contributed by atoms with Gasteiger partial charge in [-0.15, -0.1) is 0 Å². The molecule has 0 radical (unpaired) electrons. The van der Waals surface area contributed by atoms with Gasteiger partial charge in [0.2, 0.25) is 0 Å². The topological polar surface area (TPSA) is 92.5 Å². The highest BCUT2D eigenvalue weighted by Gasteiger charge is 2.40. The molecule has 2 unspecified atom stereocenters. The predicted molar refractivity (Wildman–Crippen MR) is 56.4 cm³/mol. The Labute approximate surface area is 96.9 Å². The van der Waals surface area contributed by atoms with Gasteiger partial charge in [0.15, 0.2) is 0 Å². The highest BCUT2D eigenvalue weighted by atomic mass is 16.7. The molecule has 7 heteroatoms. The first-order valence-corrected chi connectivity index (χ1v) is 5.21. The zero-order valence-electron chi connectivity index (χ0n) is 8.87. The quantitative estimate of drug-likeness (QED) is 0.350. The predicted octanol–water partition coefficient (Wildman–Crippen LogP) is 0.725. The van der Waals surface area contributed by atoms with E-state index < -0.39 is 6.03 Å². The fourth-order valence-electron chi connectivity index (χ4n) is 1.56. The summed E-state index contributed by atoms with van der Waals surface area (Å²) in [6, 6.07) is 4.70. The Balaban J connectivity index is 1.82. The van der Waals surface area contributed by atoms with Gasteiger partial charge in [0.05, 0.1) is 18.3 Å². The minimum absolute atomic E-state index is 0.0201. The van der Waals surface area contributed by atoms with Gasteiger partial charge in [-0.05, 0) is 10.9 Å². The summed E-state index contributed by atoms with van der Waals surface area (Å²) in [6.45, 7) is 0.788. The Hall–Kier alpha value is -1.70. The molecule has 1 aromatic carbocycles. The fourth-order valence-corrected chi connectivity index (χ4v) is 1.56. The van der Waals surface area contributed by atoms with E-state index in [4.69, 9.17) is 9.47 Å². The van der Waals surface area contributed by atoms with Crippen LogP contribution in [-0.2, 0) is 9.47 Å².